The highest BCUT2D eigenvalue weighted by atomic mass is 16.5. The number of carboxylic acid groups (broad SMARTS) is 1. The molecule has 1 aromatic heterocycles. The number of benzene rings is 1. The van der Waals surface area contributed by atoms with Gasteiger partial charge in [-0.2, -0.15) is 0 Å². The molecule has 2 N–H and O–H groups in total. The highest BCUT2D eigenvalue weighted by molar-refractivity contribution is 5.96. The van der Waals surface area contributed by atoms with E-state index in [9.17, 15) is 14.7 Å². The molecular formula is C21H20N2O4. The molecule has 27 heavy (non-hydrogen) atoms. The molecule has 1 fully saturated rings. The zero-order chi connectivity index (χ0) is 19.0. The summed E-state index contributed by atoms with van der Waals surface area (Å²) in [7, 11) is 0. The minimum atomic E-state index is -0.902. The van der Waals surface area contributed by atoms with Crippen molar-refractivity contribution in [3.05, 3.63) is 60.3 Å². The zero-order valence-corrected chi connectivity index (χ0v) is 14.8. The summed E-state index contributed by atoms with van der Waals surface area (Å²) in [6.07, 6.45) is 6.37. The number of fused-ring (bicyclic) bond motifs is 2. The second-order valence-electron chi connectivity index (χ2n) is 7.13. The van der Waals surface area contributed by atoms with Crippen LogP contribution in [-0.4, -0.2) is 22.0 Å². The number of aliphatic carboxylic acids is 1. The molecule has 2 bridgehead atoms. The Morgan fingerprint density at radius 1 is 1.07 bits per heavy atom. The van der Waals surface area contributed by atoms with Gasteiger partial charge in [-0.25, -0.2) is 4.98 Å². The van der Waals surface area contributed by atoms with Gasteiger partial charge in [0.25, 0.3) is 0 Å². The third kappa shape index (κ3) is 3.43. The second-order valence-corrected chi connectivity index (χ2v) is 7.13. The molecule has 1 aromatic carbocycles. The van der Waals surface area contributed by atoms with Crippen LogP contribution in [-0.2, 0) is 9.59 Å². The molecule has 6 nitrogen and oxygen atoms in total. The van der Waals surface area contributed by atoms with Gasteiger partial charge < -0.3 is 15.2 Å². The van der Waals surface area contributed by atoms with Gasteiger partial charge >= 0.3 is 5.97 Å². The van der Waals surface area contributed by atoms with E-state index in [4.69, 9.17) is 4.74 Å². The highest BCUT2D eigenvalue weighted by Gasteiger charge is 2.51. The topological polar surface area (TPSA) is 88.5 Å². The van der Waals surface area contributed by atoms with Crippen molar-refractivity contribution in [2.45, 2.75) is 13.3 Å². The number of hydrogen-bond donors (Lipinski definition) is 2. The van der Waals surface area contributed by atoms with Crippen molar-refractivity contribution in [2.24, 2.45) is 23.7 Å². The van der Waals surface area contributed by atoms with E-state index in [2.05, 4.69) is 10.3 Å². The van der Waals surface area contributed by atoms with E-state index >= 15 is 0 Å². The molecule has 0 unspecified atom stereocenters. The molecule has 4 rings (SSSR count). The van der Waals surface area contributed by atoms with Gasteiger partial charge in [0.05, 0.1) is 11.8 Å². The smallest absolute Gasteiger partial charge is 0.307 e. The maximum atomic E-state index is 12.7. The van der Waals surface area contributed by atoms with Crippen LogP contribution in [0.3, 0.4) is 0 Å². The van der Waals surface area contributed by atoms with Gasteiger partial charge in [0.15, 0.2) is 0 Å². The van der Waals surface area contributed by atoms with E-state index in [0.717, 1.165) is 12.0 Å². The lowest BCUT2D eigenvalue weighted by atomic mass is 9.82. The van der Waals surface area contributed by atoms with Crippen LogP contribution in [0.4, 0.5) is 5.69 Å². The van der Waals surface area contributed by atoms with E-state index in [0.29, 0.717) is 17.3 Å². The molecule has 0 spiro atoms. The van der Waals surface area contributed by atoms with Crippen LogP contribution in [0.1, 0.15) is 12.0 Å². The number of aryl methyl sites for hydroxylation is 1. The molecule has 1 heterocycles. The second kappa shape index (κ2) is 6.87. The minimum Gasteiger partial charge on any atom is -0.481 e. The molecule has 138 valence electrons. The molecule has 0 radical (unpaired) electrons. The van der Waals surface area contributed by atoms with Crippen LogP contribution in [0.15, 0.2) is 54.7 Å². The number of carbonyl (C=O) groups is 2. The van der Waals surface area contributed by atoms with Gasteiger partial charge in [-0.15, -0.1) is 0 Å². The van der Waals surface area contributed by atoms with E-state index in [1.165, 1.54) is 0 Å². The fraction of sp³-hybridized carbons (Fsp3) is 0.286. The number of pyridine rings is 1. The van der Waals surface area contributed by atoms with E-state index < -0.39 is 17.8 Å². The van der Waals surface area contributed by atoms with Crippen molar-refractivity contribution >= 4 is 17.6 Å². The number of allylic oxidation sites excluding steroid dienone is 2. The van der Waals surface area contributed by atoms with Crippen LogP contribution in [0, 0.1) is 30.6 Å². The summed E-state index contributed by atoms with van der Waals surface area (Å²) in [4.78, 5) is 28.4. The molecule has 0 saturated heterocycles. The SMILES string of the molecule is Cc1ccc(Oc2ccc(NC(=O)[C@@H]3[C@H](C(=O)O)[C@H]4C=C[C@H]3C4)cc2)nc1. The number of rotatable bonds is 5. The van der Waals surface area contributed by atoms with Gasteiger partial charge in [-0.05, 0) is 55.0 Å². The van der Waals surface area contributed by atoms with Crippen molar-refractivity contribution in [1.82, 2.24) is 4.98 Å². The molecule has 4 atom stereocenters. The Balaban J connectivity index is 1.42. The van der Waals surface area contributed by atoms with Crippen molar-refractivity contribution in [3.63, 3.8) is 0 Å². The Labute approximate surface area is 156 Å². The van der Waals surface area contributed by atoms with Gasteiger partial charge in [0.1, 0.15) is 5.75 Å². The first-order valence-corrected chi connectivity index (χ1v) is 8.94. The lowest BCUT2D eigenvalue weighted by Crippen LogP contribution is -2.36. The number of nitrogens with one attached hydrogen (secondary N) is 1. The fourth-order valence-corrected chi connectivity index (χ4v) is 3.98. The Bertz CT molecular complexity index is 889. The summed E-state index contributed by atoms with van der Waals surface area (Å²) >= 11 is 0. The Kier molecular flexibility index (Phi) is 4.39. The molecule has 2 aromatic rings. The van der Waals surface area contributed by atoms with Crippen molar-refractivity contribution in [3.8, 4) is 11.6 Å². The zero-order valence-electron chi connectivity index (χ0n) is 14.8. The van der Waals surface area contributed by atoms with Crippen molar-refractivity contribution < 1.29 is 19.4 Å². The number of ether oxygens (including phenoxy) is 1. The summed E-state index contributed by atoms with van der Waals surface area (Å²) in [6.45, 7) is 1.95. The summed E-state index contributed by atoms with van der Waals surface area (Å²) in [5.74, 6) is -1.24. The first-order valence-electron chi connectivity index (χ1n) is 8.94. The molecule has 2 aliphatic rings. The Hall–Kier alpha value is -3.15. The minimum absolute atomic E-state index is 0.00585. The largest absolute Gasteiger partial charge is 0.481 e. The lowest BCUT2D eigenvalue weighted by Gasteiger charge is -2.23. The first-order chi connectivity index (χ1) is 13.0. The quantitative estimate of drug-likeness (QED) is 0.791. The highest BCUT2D eigenvalue weighted by Crippen LogP contribution is 2.48. The van der Waals surface area contributed by atoms with Gasteiger partial charge in [-0.1, -0.05) is 18.2 Å². The van der Waals surface area contributed by atoms with Crippen LogP contribution < -0.4 is 10.1 Å². The number of amides is 1. The predicted molar refractivity (Wildman–Crippen MR) is 99.5 cm³/mol. The van der Waals surface area contributed by atoms with Crippen molar-refractivity contribution in [1.29, 1.82) is 0 Å². The van der Waals surface area contributed by atoms with Crippen LogP contribution in [0.25, 0.3) is 0 Å². The van der Waals surface area contributed by atoms with Crippen LogP contribution >= 0.6 is 0 Å². The lowest BCUT2D eigenvalue weighted by molar-refractivity contribution is -0.146. The van der Waals surface area contributed by atoms with Gasteiger partial charge in [0.2, 0.25) is 11.8 Å². The number of nitrogens with zero attached hydrogens (tertiary/aromatic N) is 1. The number of hydrogen-bond acceptors (Lipinski definition) is 4. The number of anilines is 1. The van der Waals surface area contributed by atoms with E-state index in [1.807, 2.05) is 25.1 Å². The average Bonchev–Trinajstić information content (AvgIpc) is 3.26. The van der Waals surface area contributed by atoms with Crippen molar-refractivity contribution in [2.75, 3.05) is 5.32 Å². The predicted octanol–water partition coefficient (Wildman–Crippen LogP) is 3.64. The van der Waals surface area contributed by atoms with E-state index in [1.54, 1.807) is 36.5 Å². The molecule has 0 aliphatic heterocycles. The number of carbonyl (C=O) groups excluding carboxylic acids is 1. The summed E-state index contributed by atoms with van der Waals surface area (Å²) < 4.78 is 5.67. The summed E-state index contributed by atoms with van der Waals surface area (Å²) in [5.41, 5.74) is 1.66. The van der Waals surface area contributed by atoms with Gasteiger partial charge in [0, 0.05) is 18.0 Å². The maximum absolute atomic E-state index is 12.7. The molecule has 1 amide bonds. The molecule has 1 saturated carbocycles. The molecular weight excluding hydrogens is 344 g/mol. The molecule has 2 aliphatic carbocycles. The van der Waals surface area contributed by atoms with Crippen LogP contribution in [0.5, 0.6) is 11.6 Å². The maximum Gasteiger partial charge on any atom is 0.307 e. The summed E-state index contributed by atoms with van der Waals surface area (Å²) in [5, 5.41) is 12.3. The Morgan fingerprint density at radius 3 is 2.41 bits per heavy atom. The fourth-order valence-electron chi connectivity index (χ4n) is 3.98. The number of aromatic nitrogens is 1. The van der Waals surface area contributed by atoms with E-state index in [-0.39, 0.29) is 17.7 Å². The Morgan fingerprint density at radius 2 is 1.78 bits per heavy atom. The number of carboxylic acids is 1. The van der Waals surface area contributed by atoms with Crippen LogP contribution in [0.2, 0.25) is 0 Å². The third-order valence-electron chi connectivity index (χ3n) is 5.28. The monoisotopic (exact) mass is 364 g/mol. The standard InChI is InChI=1S/C21H20N2O4/c1-12-2-9-17(22-11-12)27-16-7-5-15(6-8-16)23-20(24)18-13-3-4-14(10-13)19(18)21(25)26/h2-9,11,13-14,18-19H,10H2,1H3,(H,23,24)(H,25,26)/t13-,14-,18-,19+/m0/s1. The summed E-state index contributed by atoms with van der Waals surface area (Å²) in [6, 6.07) is 10.7. The molecule has 6 heteroatoms. The third-order valence-corrected chi connectivity index (χ3v) is 5.28. The average molecular weight is 364 g/mol. The normalized spacial score (nSPS) is 25.4. The first kappa shape index (κ1) is 17.3. The van der Waals surface area contributed by atoms with Gasteiger partial charge in [-0.3, -0.25) is 9.59 Å².